The fraction of sp³-hybridized carbons (Fsp3) is 0.412. The number of carbonyl (C=O) groups excluding carboxylic acids is 1. The van der Waals surface area contributed by atoms with Gasteiger partial charge in [0.05, 0.1) is 23.1 Å². The Bertz CT molecular complexity index is 822. The van der Waals surface area contributed by atoms with Gasteiger partial charge in [-0.1, -0.05) is 17.7 Å². The summed E-state index contributed by atoms with van der Waals surface area (Å²) in [6, 6.07) is 4.11. The summed E-state index contributed by atoms with van der Waals surface area (Å²) in [4.78, 5) is 25.2. The number of nitrogens with one attached hydrogen (secondary N) is 1. The molecule has 1 aliphatic heterocycles. The Morgan fingerprint density at radius 2 is 2.19 bits per heavy atom. The van der Waals surface area contributed by atoms with E-state index < -0.39 is 16.9 Å². The number of hydrogen-bond acceptors (Lipinski definition) is 5. The molecule has 1 aromatic rings. The van der Waals surface area contributed by atoms with Crippen LogP contribution >= 0.6 is 23.8 Å². The van der Waals surface area contributed by atoms with Crippen molar-refractivity contribution in [3.8, 4) is 0 Å². The van der Waals surface area contributed by atoms with E-state index in [1.54, 1.807) is 13.0 Å². The van der Waals surface area contributed by atoms with Gasteiger partial charge in [-0.3, -0.25) is 10.1 Å². The number of hydrogen-bond donors (Lipinski definition) is 1. The Labute approximate surface area is 161 Å². The van der Waals surface area contributed by atoms with Crippen LogP contribution in [0.15, 0.2) is 29.5 Å². The summed E-state index contributed by atoms with van der Waals surface area (Å²) in [5.74, 6) is -0.465. The zero-order valence-corrected chi connectivity index (χ0v) is 15.9. The molecule has 1 atom stereocenters. The van der Waals surface area contributed by atoms with Crippen molar-refractivity contribution in [2.45, 2.75) is 38.8 Å². The molecule has 0 amide bonds. The largest absolute Gasteiger partial charge is 0.463 e. The Balaban J connectivity index is 2.09. The monoisotopic (exact) mass is 395 g/mol. The van der Waals surface area contributed by atoms with E-state index in [2.05, 4.69) is 5.32 Å². The van der Waals surface area contributed by atoms with Crippen LogP contribution in [0.4, 0.5) is 5.69 Å². The first-order valence-corrected chi connectivity index (χ1v) is 9.05. The summed E-state index contributed by atoms with van der Waals surface area (Å²) in [6.07, 6.45) is 2.01. The molecule has 0 radical (unpaired) electrons. The molecule has 0 spiro atoms. The number of nitrogens with zero attached hydrogens (tertiary/aromatic N) is 2. The maximum Gasteiger partial charge on any atom is 0.338 e. The minimum absolute atomic E-state index is 0.0372. The quantitative estimate of drug-likeness (QED) is 0.353. The van der Waals surface area contributed by atoms with Crippen molar-refractivity contribution >= 4 is 40.6 Å². The predicted molar refractivity (Wildman–Crippen MR) is 101 cm³/mol. The number of ether oxygens (including phenoxy) is 1. The Morgan fingerprint density at radius 1 is 1.50 bits per heavy atom. The predicted octanol–water partition coefficient (Wildman–Crippen LogP) is 3.48. The number of allylic oxidation sites excluding steroid dienone is 1. The standard InChI is InChI=1S/C17H18ClN3O4S/c1-3-25-16(22)14-9(2)20(11-5-6-11)17(26)19-15(14)10-4-7-12(18)13(8-10)21(23)24/h4,7-8,11,15H,3,5-6H2,1-2H3,(H,19,26)/t15-/m1/s1. The maximum absolute atomic E-state index is 12.6. The van der Waals surface area contributed by atoms with Crippen molar-refractivity contribution in [2.75, 3.05) is 6.61 Å². The number of carbonyl (C=O) groups is 1. The molecule has 2 aliphatic rings. The molecular weight excluding hydrogens is 378 g/mol. The lowest BCUT2D eigenvalue weighted by atomic mass is 9.94. The lowest BCUT2D eigenvalue weighted by Gasteiger charge is -2.37. The van der Waals surface area contributed by atoms with E-state index in [9.17, 15) is 14.9 Å². The molecular formula is C17H18ClN3O4S. The first kappa shape index (κ1) is 18.6. The molecule has 1 fully saturated rings. The number of halogens is 1. The molecule has 0 unspecified atom stereocenters. The van der Waals surface area contributed by atoms with Crippen LogP contribution in [0.2, 0.25) is 5.02 Å². The van der Waals surface area contributed by atoms with Crippen LogP contribution in [0.3, 0.4) is 0 Å². The third-order valence-corrected chi connectivity index (χ3v) is 5.07. The van der Waals surface area contributed by atoms with Crippen LogP contribution in [0, 0.1) is 10.1 Å². The summed E-state index contributed by atoms with van der Waals surface area (Å²) in [7, 11) is 0. The molecule has 26 heavy (non-hydrogen) atoms. The van der Waals surface area contributed by atoms with E-state index in [4.69, 9.17) is 28.6 Å². The molecule has 1 saturated carbocycles. The molecule has 1 aliphatic carbocycles. The molecule has 0 saturated heterocycles. The molecule has 1 heterocycles. The minimum Gasteiger partial charge on any atom is -0.463 e. The summed E-state index contributed by atoms with van der Waals surface area (Å²) < 4.78 is 5.22. The van der Waals surface area contributed by atoms with E-state index in [1.165, 1.54) is 12.1 Å². The van der Waals surface area contributed by atoms with Gasteiger partial charge in [0.15, 0.2) is 5.11 Å². The van der Waals surface area contributed by atoms with Gasteiger partial charge in [0.25, 0.3) is 5.69 Å². The number of benzene rings is 1. The third kappa shape index (κ3) is 3.39. The SMILES string of the molecule is CCOC(=O)C1=C(C)N(C2CC2)C(=S)N[C@@H]1c1ccc(Cl)c([N+](=O)[O-])c1. The highest BCUT2D eigenvalue weighted by Gasteiger charge is 2.41. The van der Waals surface area contributed by atoms with Gasteiger partial charge in [0.1, 0.15) is 5.02 Å². The van der Waals surface area contributed by atoms with E-state index in [0.29, 0.717) is 16.2 Å². The molecule has 9 heteroatoms. The second-order valence-corrected chi connectivity index (χ2v) is 6.97. The Kier molecular flexibility index (Phi) is 5.15. The van der Waals surface area contributed by atoms with Gasteiger partial charge in [0, 0.05) is 17.8 Å². The van der Waals surface area contributed by atoms with Crippen LogP contribution in [0.1, 0.15) is 38.3 Å². The van der Waals surface area contributed by atoms with Crippen molar-refractivity contribution in [1.82, 2.24) is 10.2 Å². The second kappa shape index (κ2) is 7.20. The second-order valence-electron chi connectivity index (χ2n) is 6.17. The summed E-state index contributed by atoms with van der Waals surface area (Å²) >= 11 is 11.4. The van der Waals surface area contributed by atoms with Crippen molar-refractivity contribution in [3.05, 3.63) is 50.2 Å². The Hall–Kier alpha value is -2.19. The van der Waals surface area contributed by atoms with E-state index in [-0.39, 0.29) is 23.4 Å². The highest BCUT2D eigenvalue weighted by molar-refractivity contribution is 7.80. The van der Waals surface area contributed by atoms with Crippen LogP contribution in [0.25, 0.3) is 0 Å². The third-order valence-electron chi connectivity index (χ3n) is 4.43. The van der Waals surface area contributed by atoms with Crippen LogP contribution in [-0.4, -0.2) is 33.6 Å². The molecule has 0 aromatic heterocycles. The molecule has 0 bridgehead atoms. The van der Waals surface area contributed by atoms with E-state index in [0.717, 1.165) is 18.5 Å². The summed E-state index contributed by atoms with van der Waals surface area (Å²) in [5.41, 5.74) is 1.44. The minimum atomic E-state index is -0.632. The molecule has 138 valence electrons. The number of nitro groups is 1. The van der Waals surface area contributed by atoms with Crippen LogP contribution in [0.5, 0.6) is 0 Å². The van der Waals surface area contributed by atoms with Crippen molar-refractivity contribution < 1.29 is 14.5 Å². The topological polar surface area (TPSA) is 84.7 Å². The lowest BCUT2D eigenvalue weighted by Crippen LogP contribution is -2.48. The first-order valence-electron chi connectivity index (χ1n) is 8.26. The zero-order valence-electron chi connectivity index (χ0n) is 14.3. The normalized spacial score (nSPS) is 20.0. The Morgan fingerprint density at radius 3 is 2.77 bits per heavy atom. The number of esters is 1. The molecule has 1 N–H and O–H groups in total. The number of nitro benzene ring substituents is 1. The number of thiocarbonyl (C=S) groups is 1. The first-order chi connectivity index (χ1) is 12.3. The fourth-order valence-corrected chi connectivity index (χ4v) is 3.69. The molecule has 1 aromatic carbocycles. The van der Waals surface area contributed by atoms with Crippen molar-refractivity contribution in [2.24, 2.45) is 0 Å². The van der Waals surface area contributed by atoms with Crippen molar-refractivity contribution in [3.63, 3.8) is 0 Å². The average molecular weight is 396 g/mol. The zero-order chi connectivity index (χ0) is 19.0. The summed E-state index contributed by atoms with van der Waals surface area (Å²) in [5, 5.41) is 14.9. The smallest absolute Gasteiger partial charge is 0.338 e. The average Bonchev–Trinajstić information content (AvgIpc) is 3.39. The van der Waals surface area contributed by atoms with Gasteiger partial charge in [-0.25, -0.2) is 4.79 Å². The van der Waals surface area contributed by atoms with Gasteiger partial charge in [-0.05, 0) is 50.5 Å². The van der Waals surface area contributed by atoms with E-state index in [1.807, 2.05) is 11.8 Å². The van der Waals surface area contributed by atoms with Crippen LogP contribution in [-0.2, 0) is 9.53 Å². The fourth-order valence-electron chi connectivity index (χ4n) is 3.10. The maximum atomic E-state index is 12.6. The summed E-state index contributed by atoms with van der Waals surface area (Å²) in [6.45, 7) is 3.79. The van der Waals surface area contributed by atoms with Gasteiger partial charge >= 0.3 is 5.97 Å². The molecule has 7 nitrogen and oxygen atoms in total. The van der Waals surface area contributed by atoms with E-state index >= 15 is 0 Å². The number of rotatable bonds is 5. The highest BCUT2D eigenvalue weighted by atomic mass is 35.5. The van der Waals surface area contributed by atoms with Crippen molar-refractivity contribution in [1.29, 1.82) is 0 Å². The van der Waals surface area contributed by atoms with Gasteiger partial charge in [-0.15, -0.1) is 0 Å². The van der Waals surface area contributed by atoms with Gasteiger partial charge < -0.3 is 15.0 Å². The lowest BCUT2D eigenvalue weighted by molar-refractivity contribution is -0.384. The highest BCUT2D eigenvalue weighted by Crippen LogP contribution is 2.39. The van der Waals surface area contributed by atoms with Crippen LogP contribution < -0.4 is 5.32 Å². The van der Waals surface area contributed by atoms with Gasteiger partial charge in [0.2, 0.25) is 0 Å². The van der Waals surface area contributed by atoms with Gasteiger partial charge in [-0.2, -0.15) is 0 Å². The molecule has 3 rings (SSSR count).